The van der Waals surface area contributed by atoms with Crippen LogP contribution in [0.25, 0.3) is 0 Å². The highest BCUT2D eigenvalue weighted by Gasteiger charge is 2.29. The van der Waals surface area contributed by atoms with Crippen LogP contribution in [-0.4, -0.2) is 17.7 Å². The van der Waals surface area contributed by atoms with Crippen molar-refractivity contribution in [3.05, 3.63) is 24.3 Å². The molecule has 0 heterocycles. The van der Waals surface area contributed by atoms with Gasteiger partial charge in [-0.05, 0) is 31.0 Å². The van der Waals surface area contributed by atoms with E-state index in [9.17, 15) is 9.59 Å². The first kappa shape index (κ1) is 11.9. The molecule has 0 aliphatic heterocycles. The Labute approximate surface area is 104 Å². The molecule has 0 radical (unpaired) electrons. The van der Waals surface area contributed by atoms with E-state index in [1.54, 1.807) is 24.3 Å². The molecule has 1 aromatic carbocycles. The third-order valence-corrected chi connectivity index (χ3v) is 2.73. The van der Waals surface area contributed by atoms with Crippen molar-refractivity contribution in [2.75, 3.05) is 16.5 Å². The minimum Gasteiger partial charge on any atom is -0.326 e. The molecular weight excluding hydrogens is 240 g/mol. The number of amides is 2. The Hall–Kier alpha value is -1.55. The number of halogens is 1. The summed E-state index contributed by atoms with van der Waals surface area (Å²) in [6.07, 6.45) is 1.93. The molecular formula is C12H13ClN2O2. The molecule has 17 heavy (non-hydrogen) atoms. The molecule has 1 saturated carbocycles. The monoisotopic (exact) mass is 252 g/mol. The van der Waals surface area contributed by atoms with Gasteiger partial charge >= 0.3 is 0 Å². The summed E-state index contributed by atoms with van der Waals surface area (Å²) in [6, 6.07) is 7.02. The zero-order valence-electron chi connectivity index (χ0n) is 9.20. The molecule has 0 saturated heterocycles. The van der Waals surface area contributed by atoms with Gasteiger partial charge in [-0.15, -0.1) is 11.6 Å². The van der Waals surface area contributed by atoms with Crippen LogP contribution < -0.4 is 10.6 Å². The molecule has 1 fully saturated rings. The van der Waals surface area contributed by atoms with Gasteiger partial charge in [0.1, 0.15) is 5.88 Å². The number of carbonyl (C=O) groups is 2. The topological polar surface area (TPSA) is 58.2 Å². The Balaban J connectivity index is 2.00. The number of alkyl halides is 1. The van der Waals surface area contributed by atoms with Gasteiger partial charge in [0.25, 0.3) is 0 Å². The van der Waals surface area contributed by atoms with Crippen LogP contribution in [0, 0.1) is 5.92 Å². The van der Waals surface area contributed by atoms with E-state index in [-0.39, 0.29) is 23.6 Å². The van der Waals surface area contributed by atoms with Gasteiger partial charge in [-0.3, -0.25) is 9.59 Å². The minimum atomic E-state index is -0.266. The summed E-state index contributed by atoms with van der Waals surface area (Å²) in [6.45, 7) is 0. The van der Waals surface area contributed by atoms with Crippen LogP contribution in [0.1, 0.15) is 12.8 Å². The van der Waals surface area contributed by atoms with Crippen molar-refractivity contribution in [1.82, 2.24) is 0 Å². The quantitative estimate of drug-likeness (QED) is 0.808. The summed E-state index contributed by atoms with van der Waals surface area (Å²) in [5.41, 5.74) is 1.32. The molecule has 90 valence electrons. The number of anilines is 2. The van der Waals surface area contributed by atoms with Crippen molar-refractivity contribution < 1.29 is 9.59 Å². The lowest BCUT2D eigenvalue weighted by atomic mass is 10.2. The van der Waals surface area contributed by atoms with Gasteiger partial charge in [0.15, 0.2) is 0 Å². The third-order valence-electron chi connectivity index (χ3n) is 2.48. The first-order valence-electron chi connectivity index (χ1n) is 5.46. The highest BCUT2D eigenvalue weighted by Crippen LogP contribution is 2.30. The van der Waals surface area contributed by atoms with Crippen molar-refractivity contribution in [3.8, 4) is 0 Å². The second-order valence-corrected chi connectivity index (χ2v) is 4.29. The normalized spacial score (nSPS) is 14.2. The molecule has 0 unspecified atom stereocenters. The molecule has 0 spiro atoms. The largest absolute Gasteiger partial charge is 0.326 e. The fourth-order valence-corrected chi connectivity index (χ4v) is 1.53. The molecule has 1 aromatic rings. The minimum absolute atomic E-state index is 0.0471. The molecule has 0 bridgehead atoms. The van der Waals surface area contributed by atoms with Gasteiger partial charge in [-0.1, -0.05) is 6.07 Å². The molecule has 5 heteroatoms. The summed E-state index contributed by atoms with van der Waals surface area (Å²) >= 11 is 5.39. The summed E-state index contributed by atoms with van der Waals surface area (Å²) in [5.74, 6) is -0.141. The molecule has 4 nitrogen and oxygen atoms in total. The summed E-state index contributed by atoms with van der Waals surface area (Å²) in [7, 11) is 0. The van der Waals surface area contributed by atoms with E-state index in [1.807, 2.05) is 0 Å². The van der Waals surface area contributed by atoms with E-state index in [0.29, 0.717) is 11.4 Å². The van der Waals surface area contributed by atoms with Crippen molar-refractivity contribution in [3.63, 3.8) is 0 Å². The maximum Gasteiger partial charge on any atom is 0.239 e. The number of hydrogen-bond donors (Lipinski definition) is 2. The first-order chi connectivity index (χ1) is 8.19. The molecule has 2 rings (SSSR count). The second kappa shape index (κ2) is 5.19. The van der Waals surface area contributed by atoms with Gasteiger partial charge in [0.2, 0.25) is 11.8 Å². The first-order valence-corrected chi connectivity index (χ1v) is 5.99. The van der Waals surface area contributed by atoms with Crippen molar-refractivity contribution in [2.45, 2.75) is 12.8 Å². The number of hydrogen-bond acceptors (Lipinski definition) is 2. The predicted molar refractivity (Wildman–Crippen MR) is 67.1 cm³/mol. The Kier molecular flexibility index (Phi) is 3.64. The average Bonchev–Trinajstić information content (AvgIpc) is 3.13. The summed E-state index contributed by atoms with van der Waals surface area (Å²) in [5, 5.41) is 5.44. The van der Waals surface area contributed by atoms with Crippen LogP contribution >= 0.6 is 11.6 Å². The van der Waals surface area contributed by atoms with Crippen molar-refractivity contribution >= 4 is 34.8 Å². The van der Waals surface area contributed by atoms with E-state index in [1.165, 1.54) is 0 Å². The second-order valence-electron chi connectivity index (χ2n) is 4.03. The summed E-state index contributed by atoms with van der Waals surface area (Å²) < 4.78 is 0. The molecule has 1 aliphatic carbocycles. The van der Waals surface area contributed by atoms with Crippen LogP contribution in [0.5, 0.6) is 0 Å². The SMILES string of the molecule is O=C(CCl)Nc1cccc(NC(=O)C2CC2)c1. The van der Waals surface area contributed by atoms with E-state index in [2.05, 4.69) is 10.6 Å². The molecule has 1 aliphatic rings. The number of rotatable bonds is 4. The molecule has 2 amide bonds. The predicted octanol–water partition coefficient (Wildman–Crippen LogP) is 2.21. The lowest BCUT2D eigenvalue weighted by Crippen LogP contribution is -2.15. The highest BCUT2D eigenvalue weighted by atomic mass is 35.5. The van der Waals surface area contributed by atoms with Gasteiger partial charge in [0.05, 0.1) is 0 Å². The zero-order valence-corrected chi connectivity index (χ0v) is 9.96. The van der Waals surface area contributed by atoms with Gasteiger partial charge < -0.3 is 10.6 Å². The fraction of sp³-hybridized carbons (Fsp3) is 0.333. The standard InChI is InChI=1S/C12H13ClN2O2/c13-7-11(16)14-9-2-1-3-10(6-9)15-12(17)8-4-5-8/h1-3,6,8H,4-5,7H2,(H,14,16)(H,15,17). The van der Waals surface area contributed by atoms with Crippen LogP contribution in [0.4, 0.5) is 11.4 Å². The van der Waals surface area contributed by atoms with Gasteiger partial charge in [-0.2, -0.15) is 0 Å². The van der Waals surface area contributed by atoms with Crippen molar-refractivity contribution in [1.29, 1.82) is 0 Å². The van der Waals surface area contributed by atoms with Crippen LogP contribution in [0.2, 0.25) is 0 Å². The fourth-order valence-electron chi connectivity index (χ4n) is 1.46. The van der Waals surface area contributed by atoms with E-state index < -0.39 is 0 Å². The maximum absolute atomic E-state index is 11.5. The number of nitrogens with one attached hydrogen (secondary N) is 2. The van der Waals surface area contributed by atoms with Crippen LogP contribution in [0.3, 0.4) is 0 Å². The third kappa shape index (κ3) is 3.46. The van der Waals surface area contributed by atoms with E-state index in [0.717, 1.165) is 12.8 Å². The number of carbonyl (C=O) groups excluding carboxylic acids is 2. The number of benzene rings is 1. The van der Waals surface area contributed by atoms with Crippen molar-refractivity contribution in [2.24, 2.45) is 5.92 Å². The van der Waals surface area contributed by atoms with Crippen LogP contribution in [0.15, 0.2) is 24.3 Å². The molecule has 2 N–H and O–H groups in total. The molecule has 0 atom stereocenters. The van der Waals surface area contributed by atoms with E-state index >= 15 is 0 Å². The lowest BCUT2D eigenvalue weighted by Gasteiger charge is -2.07. The smallest absolute Gasteiger partial charge is 0.239 e. The van der Waals surface area contributed by atoms with Crippen LogP contribution in [-0.2, 0) is 9.59 Å². The molecule has 0 aromatic heterocycles. The highest BCUT2D eigenvalue weighted by molar-refractivity contribution is 6.29. The Bertz CT molecular complexity index is 444. The Morgan fingerprint density at radius 2 is 1.88 bits per heavy atom. The lowest BCUT2D eigenvalue weighted by molar-refractivity contribution is -0.117. The van der Waals surface area contributed by atoms with E-state index in [4.69, 9.17) is 11.6 Å². The average molecular weight is 253 g/mol. The zero-order chi connectivity index (χ0) is 12.3. The Morgan fingerprint density at radius 1 is 1.24 bits per heavy atom. The van der Waals surface area contributed by atoms with Gasteiger partial charge in [0, 0.05) is 17.3 Å². The maximum atomic E-state index is 11.5. The van der Waals surface area contributed by atoms with Gasteiger partial charge in [-0.25, -0.2) is 0 Å². The summed E-state index contributed by atoms with van der Waals surface area (Å²) in [4.78, 5) is 22.6. The Morgan fingerprint density at radius 3 is 2.47 bits per heavy atom.